The number of carbonyl (C=O) groups excluding carboxylic acids is 1. The number of benzene rings is 1. The molecule has 2 heterocycles. The van der Waals surface area contributed by atoms with Crippen LogP contribution >= 0.6 is 0 Å². The van der Waals surface area contributed by atoms with Crippen LogP contribution < -0.4 is 4.74 Å². The molecule has 0 radical (unpaired) electrons. The molecule has 1 saturated heterocycles. The molecule has 148 valence electrons. The molecule has 3 rings (SSSR count). The summed E-state index contributed by atoms with van der Waals surface area (Å²) in [5, 5.41) is 0. The third kappa shape index (κ3) is 4.26. The van der Waals surface area contributed by atoms with Crippen molar-refractivity contribution in [2.75, 3.05) is 19.7 Å². The number of carbonyl (C=O) groups is 1. The molecule has 2 aliphatic rings. The maximum absolute atomic E-state index is 13.3. The summed E-state index contributed by atoms with van der Waals surface area (Å²) in [6, 6.07) is 5.21. The van der Waals surface area contributed by atoms with E-state index in [1.807, 2.05) is 6.92 Å². The molecule has 1 spiro atoms. The quantitative estimate of drug-likeness (QED) is 0.572. The monoisotopic (exact) mass is 387 g/mol. The Morgan fingerprint density at radius 3 is 2.56 bits per heavy atom. The van der Waals surface area contributed by atoms with E-state index in [4.69, 9.17) is 4.74 Å². The zero-order valence-corrected chi connectivity index (χ0v) is 14.9. The molecular formula is C19H21F4NO3. The third-order valence-corrected chi connectivity index (χ3v) is 4.91. The van der Waals surface area contributed by atoms with Gasteiger partial charge in [0.2, 0.25) is 0 Å². The lowest BCUT2D eigenvalue weighted by Gasteiger charge is -2.42. The summed E-state index contributed by atoms with van der Waals surface area (Å²) < 4.78 is 61.5. The molecule has 1 aromatic carbocycles. The van der Waals surface area contributed by atoms with E-state index in [0.29, 0.717) is 32.5 Å². The minimum atomic E-state index is -4.67. The van der Waals surface area contributed by atoms with Crippen LogP contribution in [-0.2, 0) is 4.74 Å². The van der Waals surface area contributed by atoms with Crippen LogP contribution in [0.5, 0.6) is 5.75 Å². The van der Waals surface area contributed by atoms with Gasteiger partial charge in [0.15, 0.2) is 0 Å². The van der Waals surface area contributed by atoms with Crippen LogP contribution in [-0.4, -0.2) is 48.6 Å². The fraction of sp³-hybridized carbons (Fsp3) is 0.526. The maximum atomic E-state index is 13.3. The number of halogens is 4. The fourth-order valence-corrected chi connectivity index (χ4v) is 3.45. The highest BCUT2D eigenvalue weighted by Gasteiger charge is 2.45. The number of piperidine rings is 1. The lowest BCUT2D eigenvalue weighted by molar-refractivity contribution is -0.253. The van der Waals surface area contributed by atoms with Gasteiger partial charge in [-0.1, -0.05) is 23.8 Å². The number of para-hydroxylation sites is 1. The normalized spacial score (nSPS) is 19.9. The van der Waals surface area contributed by atoms with E-state index < -0.39 is 29.8 Å². The van der Waals surface area contributed by atoms with Crippen LogP contribution in [0.15, 0.2) is 35.9 Å². The van der Waals surface area contributed by atoms with Crippen molar-refractivity contribution in [2.24, 2.45) is 0 Å². The highest BCUT2D eigenvalue weighted by molar-refractivity contribution is 5.97. The molecule has 0 aromatic heterocycles. The predicted molar refractivity (Wildman–Crippen MR) is 90.2 cm³/mol. The highest BCUT2D eigenvalue weighted by Crippen LogP contribution is 2.35. The number of amides is 1. The summed E-state index contributed by atoms with van der Waals surface area (Å²) in [6.45, 7) is 3.43. The Bertz CT molecular complexity index is 727. The third-order valence-electron chi connectivity index (χ3n) is 4.91. The van der Waals surface area contributed by atoms with Crippen LogP contribution in [0.3, 0.4) is 0 Å². The Morgan fingerprint density at radius 2 is 1.93 bits per heavy atom. The molecule has 0 unspecified atom stereocenters. The van der Waals surface area contributed by atoms with Gasteiger partial charge in [0.1, 0.15) is 5.75 Å². The lowest BCUT2D eigenvalue weighted by atomic mass is 9.87. The van der Waals surface area contributed by atoms with Gasteiger partial charge in [-0.2, -0.15) is 17.6 Å². The number of alkyl halides is 4. The first kappa shape index (κ1) is 19.7. The molecule has 4 nitrogen and oxygen atoms in total. The standard InChI is InChI=1S/C19H21F4NO3/c1-13-6-11-26-18(12-13)7-9-24(10-8-18)16(25)14-4-2-3-5-15(14)27-19(22,23)17(20)21/h2-5,12,17H,6-11H2,1H3. The first-order valence-corrected chi connectivity index (χ1v) is 8.78. The molecule has 27 heavy (non-hydrogen) atoms. The second-order valence-corrected chi connectivity index (χ2v) is 6.91. The van der Waals surface area contributed by atoms with E-state index >= 15 is 0 Å². The van der Waals surface area contributed by atoms with Gasteiger partial charge in [-0.3, -0.25) is 4.79 Å². The van der Waals surface area contributed by atoms with E-state index in [1.165, 1.54) is 28.7 Å². The average Bonchev–Trinajstić information content (AvgIpc) is 2.62. The zero-order valence-electron chi connectivity index (χ0n) is 14.9. The van der Waals surface area contributed by atoms with Crippen molar-refractivity contribution in [3.05, 3.63) is 41.5 Å². The van der Waals surface area contributed by atoms with Crippen molar-refractivity contribution in [1.82, 2.24) is 4.90 Å². The summed E-state index contributed by atoms with van der Waals surface area (Å²) in [5.41, 5.74) is 0.691. The van der Waals surface area contributed by atoms with Crippen molar-refractivity contribution in [1.29, 1.82) is 0 Å². The maximum Gasteiger partial charge on any atom is 0.461 e. The van der Waals surface area contributed by atoms with Crippen LogP contribution in [0.4, 0.5) is 17.6 Å². The first-order valence-electron chi connectivity index (χ1n) is 8.78. The molecule has 2 aliphatic heterocycles. The molecule has 1 aromatic rings. The Kier molecular flexibility index (Phi) is 5.46. The van der Waals surface area contributed by atoms with Gasteiger partial charge in [-0.25, -0.2) is 0 Å². The van der Waals surface area contributed by atoms with Crippen LogP contribution in [0.25, 0.3) is 0 Å². The van der Waals surface area contributed by atoms with E-state index in [9.17, 15) is 22.4 Å². The van der Waals surface area contributed by atoms with E-state index in [2.05, 4.69) is 10.8 Å². The molecule has 1 fully saturated rings. The largest absolute Gasteiger partial charge is 0.461 e. The highest BCUT2D eigenvalue weighted by atomic mass is 19.3. The number of hydrogen-bond acceptors (Lipinski definition) is 3. The number of rotatable bonds is 4. The topological polar surface area (TPSA) is 38.8 Å². The summed E-state index contributed by atoms with van der Waals surface area (Å²) in [6.07, 6.45) is -4.50. The van der Waals surface area contributed by atoms with Crippen LogP contribution in [0, 0.1) is 0 Å². The Hall–Kier alpha value is -2.09. The molecule has 1 amide bonds. The molecule has 8 heteroatoms. The van der Waals surface area contributed by atoms with Crippen molar-refractivity contribution >= 4 is 5.91 Å². The van der Waals surface area contributed by atoms with Crippen LogP contribution in [0.1, 0.15) is 36.5 Å². The summed E-state index contributed by atoms with van der Waals surface area (Å²) in [7, 11) is 0. The van der Waals surface area contributed by atoms with Crippen molar-refractivity contribution in [3.63, 3.8) is 0 Å². The van der Waals surface area contributed by atoms with Crippen molar-refractivity contribution in [2.45, 2.75) is 44.3 Å². The van der Waals surface area contributed by atoms with Crippen molar-refractivity contribution in [3.8, 4) is 5.75 Å². The number of ether oxygens (including phenoxy) is 2. The van der Waals surface area contributed by atoms with Crippen molar-refractivity contribution < 1.29 is 31.8 Å². The molecule has 0 N–H and O–H groups in total. The number of hydrogen-bond donors (Lipinski definition) is 0. The summed E-state index contributed by atoms with van der Waals surface area (Å²) >= 11 is 0. The van der Waals surface area contributed by atoms with Gasteiger partial charge < -0.3 is 14.4 Å². The second-order valence-electron chi connectivity index (χ2n) is 6.91. The lowest BCUT2D eigenvalue weighted by Crippen LogP contribution is -2.48. The van der Waals surface area contributed by atoms with Gasteiger partial charge >= 0.3 is 12.5 Å². The van der Waals surface area contributed by atoms with Gasteiger partial charge in [-0.05, 0) is 38.3 Å². The predicted octanol–water partition coefficient (Wildman–Crippen LogP) is 4.26. The Morgan fingerprint density at radius 1 is 1.26 bits per heavy atom. The van der Waals surface area contributed by atoms with Crippen LogP contribution in [0.2, 0.25) is 0 Å². The molecule has 0 aliphatic carbocycles. The number of nitrogens with zero attached hydrogens (tertiary/aromatic N) is 1. The average molecular weight is 387 g/mol. The summed E-state index contributed by atoms with van der Waals surface area (Å²) in [4.78, 5) is 14.3. The van der Waals surface area contributed by atoms with Gasteiger partial charge in [0.25, 0.3) is 5.91 Å². The van der Waals surface area contributed by atoms with Gasteiger partial charge in [-0.15, -0.1) is 0 Å². The Balaban J connectivity index is 1.73. The van der Waals surface area contributed by atoms with Gasteiger partial charge in [0.05, 0.1) is 17.8 Å². The molecular weight excluding hydrogens is 366 g/mol. The van der Waals surface area contributed by atoms with E-state index in [1.54, 1.807) is 0 Å². The zero-order chi connectivity index (χ0) is 19.7. The number of likely N-dealkylation sites (tertiary alicyclic amines) is 1. The Labute approximate surface area is 154 Å². The van der Waals surface area contributed by atoms with E-state index in [0.717, 1.165) is 12.5 Å². The minimum Gasteiger partial charge on any atom is -0.427 e. The second kappa shape index (κ2) is 7.50. The summed E-state index contributed by atoms with van der Waals surface area (Å²) in [5.74, 6) is -1.08. The molecule has 0 bridgehead atoms. The first-order chi connectivity index (χ1) is 12.7. The molecule has 0 saturated carbocycles. The fourth-order valence-electron chi connectivity index (χ4n) is 3.45. The van der Waals surface area contributed by atoms with E-state index in [-0.39, 0.29) is 5.56 Å². The van der Waals surface area contributed by atoms with Gasteiger partial charge in [0, 0.05) is 13.1 Å². The smallest absolute Gasteiger partial charge is 0.427 e. The minimum absolute atomic E-state index is 0.162. The molecule has 0 atom stereocenters. The SMILES string of the molecule is CC1=CC2(CCN(C(=O)c3ccccc3OC(F)(F)C(F)F)CC2)OCC1.